The molecule has 0 bridgehead atoms. The molecule has 5 heteroatoms. The van der Waals surface area contributed by atoms with Crippen LogP contribution < -0.4 is 10.2 Å². The molecule has 1 atom stereocenters. The van der Waals surface area contributed by atoms with Crippen LogP contribution in [0.25, 0.3) is 20.2 Å². The van der Waals surface area contributed by atoms with Crippen LogP contribution in [0.3, 0.4) is 0 Å². The van der Waals surface area contributed by atoms with Crippen molar-refractivity contribution in [2.24, 2.45) is 0 Å². The Morgan fingerprint density at radius 1 is 0.885 bits per heavy atom. The van der Waals surface area contributed by atoms with Crippen molar-refractivity contribution < 1.29 is 9.53 Å². The van der Waals surface area contributed by atoms with Crippen LogP contribution in [0.5, 0.6) is 5.75 Å². The Morgan fingerprint density at radius 3 is 2.38 bits per heavy atom. The Balaban J connectivity index is 1.77. The minimum absolute atomic E-state index is 0.0553. The molecule has 26 heavy (non-hydrogen) atoms. The first kappa shape index (κ1) is 16.8. The molecule has 4 rings (SSSR count). The third-order valence-electron chi connectivity index (χ3n) is 4.06. The van der Waals surface area contributed by atoms with Gasteiger partial charge < -0.3 is 4.74 Å². The third-order valence-corrected chi connectivity index (χ3v) is 5.55. The Labute approximate surface area is 158 Å². The fourth-order valence-electron chi connectivity index (χ4n) is 2.79. The molecule has 0 aliphatic carbocycles. The lowest BCUT2D eigenvalue weighted by atomic mass is 10.1. The summed E-state index contributed by atoms with van der Waals surface area (Å²) in [5.74, 6) is 0.108. The van der Waals surface area contributed by atoms with Crippen molar-refractivity contribution in [3.8, 4) is 5.75 Å². The second kappa shape index (κ2) is 6.90. The summed E-state index contributed by atoms with van der Waals surface area (Å²) in [4.78, 5) is 25.2. The summed E-state index contributed by atoms with van der Waals surface area (Å²) in [7, 11) is 0. The van der Waals surface area contributed by atoms with Crippen LogP contribution >= 0.6 is 22.9 Å². The predicted octanol–water partition coefficient (Wildman–Crippen LogP) is 5.24. The van der Waals surface area contributed by atoms with E-state index in [1.54, 1.807) is 42.5 Å². The maximum atomic E-state index is 12.7. The van der Waals surface area contributed by atoms with E-state index < -0.39 is 5.56 Å². The average molecular weight is 381 g/mol. The zero-order chi connectivity index (χ0) is 18.1. The van der Waals surface area contributed by atoms with Gasteiger partial charge in [0.05, 0.1) is 4.70 Å². The molecule has 0 radical (unpaired) electrons. The van der Waals surface area contributed by atoms with Gasteiger partial charge in [0.1, 0.15) is 5.75 Å². The van der Waals surface area contributed by atoms with Crippen molar-refractivity contribution in [1.82, 2.24) is 0 Å². The van der Waals surface area contributed by atoms with Crippen molar-refractivity contribution in [3.63, 3.8) is 0 Å². The highest BCUT2D eigenvalue weighted by atomic mass is 35.5. The molecule has 3 nitrogen and oxygen atoms in total. The zero-order valence-electron chi connectivity index (χ0n) is 13.5. The topological polar surface area (TPSA) is 43.4 Å². The number of carbonyl (C=O) groups is 1. The molecule has 0 aliphatic rings. The third kappa shape index (κ3) is 2.98. The number of alkyl halides is 1. The van der Waals surface area contributed by atoms with Crippen LogP contribution in [0.15, 0.2) is 77.6 Å². The molecular formula is C21H13ClO3S. The number of hydrogen-bond donors (Lipinski definition) is 0. The maximum Gasteiger partial charge on any atom is 0.234 e. The summed E-state index contributed by atoms with van der Waals surface area (Å²) in [5.41, 5.74) is -0.747. The molecule has 3 aromatic carbocycles. The van der Waals surface area contributed by atoms with Crippen LogP contribution in [-0.4, -0.2) is 11.3 Å². The van der Waals surface area contributed by atoms with Crippen molar-refractivity contribution in [3.05, 3.63) is 88.6 Å². The molecule has 4 aromatic rings. The highest BCUT2D eigenvalue weighted by Crippen LogP contribution is 2.33. The van der Waals surface area contributed by atoms with Crippen LogP contribution in [0.1, 0.15) is 10.4 Å². The van der Waals surface area contributed by atoms with E-state index in [1.807, 2.05) is 30.3 Å². The predicted molar refractivity (Wildman–Crippen MR) is 107 cm³/mol. The van der Waals surface area contributed by atoms with E-state index in [-0.39, 0.29) is 11.2 Å². The lowest BCUT2D eigenvalue weighted by molar-refractivity contribution is 0.0886. The van der Waals surface area contributed by atoms with Gasteiger partial charge in [-0.05, 0) is 24.3 Å². The second-order valence-electron chi connectivity index (χ2n) is 5.72. The molecule has 1 heterocycles. The maximum absolute atomic E-state index is 12.7. The fourth-order valence-corrected chi connectivity index (χ4v) is 4.14. The summed E-state index contributed by atoms with van der Waals surface area (Å²) in [6.45, 7) is 0. The highest BCUT2D eigenvalue weighted by molar-refractivity contribution is 7.24. The monoisotopic (exact) mass is 380 g/mol. The van der Waals surface area contributed by atoms with Crippen molar-refractivity contribution in [2.45, 2.75) is 5.56 Å². The Kier molecular flexibility index (Phi) is 4.45. The second-order valence-corrected chi connectivity index (χ2v) is 7.17. The van der Waals surface area contributed by atoms with Gasteiger partial charge in [0.15, 0.2) is 5.43 Å². The summed E-state index contributed by atoms with van der Waals surface area (Å²) in [6, 6.07) is 21.4. The Hall–Kier alpha value is -2.69. The Morgan fingerprint density at radius 2 is 1.58 bits per heavy atom. The van der Waals surface area contributed by atoms with Gasteiger partial charge in [-0.1, -0.05) is 60.1 Å². The molecule has 0 fully saturated rings. The lowest BCUT2D eigenvalue weighted by Crippen LogP contribution is -2.21. The van der Waals surface area contributed by atoms with E-state index in [4.69, 9.17) is 16.3 Å². The minimum atomic E-state index is -1.17. The van der Waals surface area contributed by atoms with E-state index in [1.165, 1.54) is 11.3 Å². The number of rotatable bonds is 4. The first-order valence-corrected chi connectivity index (χ1v) is 9.25. The van der Waals surface area contributed by atoms with E-state index >= 15 is 0 Å². The van der Waals surface area contributed by atoms with Crippen molar-refractivity contribution in [1.29, 1.82) is 0 Å². The number of hydrogen-bond acceptors (Lipinski definition) is 4. The molecule has 128 valence electrons. The number of benzene rings is 3. The molecule has 0 N–H and O–H groups in total. The number of carbonyl (C=O) groups excluding carboxylic acids is 1. The van der Waals surface area contributed by atoms with E-state index in [0.29, 0.717) is 26.8 Å². The van der Waals surface area contributed by atoms with E-state index in [9.17, 15) is 9.59 Å². The van der Waals surface area contributed by atoms with Gasteiger partial charge >= 0.3 is 0 Å². The smallest absolute Gasteiger partial charge is 0.234 e. The molecule has 0 spiro atoms. The van der Waals surface area contributed by atoms with Crippen molar-refractivity contribution >= 4 is 48.9 Å². The largest absolute Gasteiger partial charge is 0.465 e. The number of Topliss-reactive ketones (excluding diaryl/α,β-unsaturated/α-hetero) is 1. The quantitative estimate of drug-likeness (QED) is 0.276. The Bertz CT molecular complexity index is 1170. The fraction of sp³-hybridized carbons (Fsp3) is 0.0476. The first-order valence-electron chi connectivity index (χ1n) is 8.00. The van der Waals surface area contributed by atoms with Gasteiger partial charge in [-0.3, -0.25) is 9.59 Å². The van der Waals surface area contributed by atoms with Gasteiger partial charge in [-0.15, -0.1) is 11.3 Å². The van der Waals surface area contributed by atoms with Crippen LogP contribution in [0.2, 0.25) is 0 Å². The average Bonchev–Trinajstić information content (AvgIpc) is 2.69. The number of halogens is 1. The molecule has 0 saturated heterocycles. The number of ketones is 1. The standard InChI is InChI=1S/C21H13ClO3S/c22-21(18(23)13-7-2-1-3-8-13)25-16-11-6-10-15-19(24)14-9-4-5-12-17(14)26-20(15)16/h1-12,21H. The summed E-state index contributed by atoms with van der Waals surface area (Å²) in [6.07, 6.45) is 0. The van der Waals surface area contributed by atoms with Crippen LogP contribution in [0, 0.1) is 0 Å². The van der Waals surface area contributed by atoms with E-state index in [2.05, 4.69) is 0 Å². The molecule has 0 saturated carbocycles. The molecule has 1 unspecified atom stereocenters. The summed E-state index contributed by atoms with van der Waals surface area (Å²) >= 11 is 7.66. The van der Waals surface area contributed by atoms with Crippen LogP contribution in [0.4, 0.5) is 0 Å². The number of ether oxygens (including phenoxy) is 1. The summed E-state index contributed by atoms with van der Waals surface area (Å²) in [5, 5.41) is 1.23. The van der Waals surface area contributed by atoms with Gasteiger partial charge in [0.2, 0.25) is 11.3 Å². The van der Waals surface area contributed by atoms with Crippen molar-refractivity contribution in [2.75, 3.05) is 0 Å². The van der Waals surface area contributed by atoms with Gasteiger partial charge in [0, 0.05) is 21.0 Å². The first-order chi connectivity index (χ1) is 12.6. The SMILES string of the molecule is O=C(c1ccccc1)C(Cl)Oc1cccc2c(=O)c3ccccc3sc12. The van der Waals surface area contributed by atoms with Gasteiger partial charge in [-0.25, -0.2) is 0 Å². The van der Waals surface area contributed by atoms with Crippen LogP contribution in [-0.2, 0) is 0 Å². The molecule has 0 amide bonds. The molecule has 0 aliphatic heterocycles. The normalized spacial score (nSPS) is 12.2. The lowest BCUT2D eigenvalue weighted by Gasteiger charge is -2.13. The minimum Gasteiger partial charge on any atom is -0.465 e. The highest BCUT2D eigenvalue weighted by Gasteiger charge is 2.20. The van der Waals surface area contributed by atoms with Gasteiger partial charge in [0.25, 0.3) is 0 Å². The zero-order valence-corrected chi connectivity index (χ0v) is 15.1. The van der Waals surface area contributed by atoms with E-state index in [0.717, 1.165) is 4.70 Å². The molecular weight excluding hydrogens is 368 g/mol. The molecule has 1 aromatic heterocycles. The number of fused-ring (bicyclic) bond motifs is 2. The van der Waals surface area contributed by atoms with Gasteiger partial charge in [-0.2, -0.15) is 0 Å². The summed E-state index contributed by atoms with van der Waals surface area (Å²) < 4.78 is 7.28.